The van der Waals surface area contributed by atoms with E-state index in [0.717, 1.165) is 22.5 Å². The zero-order valence-electron chi connectivity index (χ0n) is 17.0. The third-order valence-corrected chi connectivity index (χ3v) is 4.90. The molecule has 0 atom stereocenters. The summed E-state index contributed by atoms with van der Waals surface area (Å²) in [4.78, 5) is 17.4. The van der Waals surface area contributed by atoms with Crippen LogP contribution in [0.2, 0.25) is 0 Å². The number of ether oxygens (including phenoxy) is 2. The van der Waals surface area contributed by atoms with Gasteiger partial charge < -0.3 is 14.8 Å². The molecule has 0 unspecified atom stereocenters. The summed E-state index contributed by atoms with van der Waals surface area (Å²) in [5.74, 6) is 1.96. The molecule has 0 saturated carbocycles. The number of aryl methyl sites for hydroxylation is 1. The Hall–Kier alpha value is -3.80. The maximum Gasteiger partial charge on any atom is 0.224 e. The van der Waals surface area contributed by atoms with E-state index >= 15 is 0 Å². The molecule has 3 aromatic carbocycles. The molecule has 152 valence electrons. The van der Waals surface area contributed by atoms with Crippen molar-refractivity contribution in [2.24, 2.45) is 0 Å². The minimum absolute atomic E-state index is 0.117. The molecule has 0 aliphatic rings. The molecule has 0 saturated heterocycles. The SMILES string of the molecule is COc1ccc(OC)c(NC(=O)CCc2nc3ccccc3n2-c2ccccc2)c1. The number of benzene rings is 3. The van der Waals surface area contributed by atoms with Crippen LogP contribution < -0.4 is 14.8 Å². The Bertz CT molecular complexity index is 1170. The molecular weight excluding hydrogens is 378 g/mol. The molecule has 6 nitrogen and oxygen atoms in total. The number of carbonyl (C=O) groups is 1. The summed E-state index contributed by atoms with van der Waals surface area (Å²) in [5, 5.41) is 2.92. The Labute approximate surface area is 175 Å². The number of hydrogen-bond acceptors (Lipinski definition) is 4. The second kappa shape index (κ2) is 8.69. The maximum atomic E-state index is 12.7. The lowest BCUT2D eigenvalue weighted by Gasteiger charge is -2.12. The van der Waals surface area contributed by atoms with Crippen molar-refractivity contribution >= 4 is 22.6 Å². The lowest BCUT2D eigenvalue weighted by atomic mass is 10.2. The van der Waals surface area contributed by atoms with Gasteiger partial charge in [-0.25, -0.2) is 4.98 Å². The summed E-state index contributed by atoms with van der Waals surface area (Å²) in [5.41, 5.74) is 3.54. The Morgan fingerprint density at radius 2 is 1.73 bits per heavy atom. The number of nitrogens with zero attached hydrogens (tertiary/aromatic N) is 2. The van der Waals surface area contributed by atoms with Gasteiger partial charge in [0.25, 0.3) is 0 Å². The van der Waals surface area contributed by atoms with E-state index in [1.165, 1.54) is 0 Å². The number of hydrogen-bond donors (Lipinski definition) is 1. The monoisotopic (exact) mass is 401 g/mol. The van der Waals surface area contributed by atoms with Gasteiger partial charge in [-0.15, -0.1) is 0 Å². The molecule has 30 heavy (non-hydrogen) atoms. The van der Waals surface area contributed by atoms with Gasteiger partial charge in [-0.2, -0.15) is 0 Å². The first-order chi connectivity index (χ1) is 14.7. The number of para-hydroxylation sites is 3. The fraction of sp³-hybridized carbons (Fsp3) is 0.167. The second-order valence-electron chi connectivity index (χ2n) is 6.80. The first-order valence-electron chi connectivity index (χ1n) is 9.73. The van der Waals surface area contributed by atoms with Gasteiger partial charge >= 0.3 is 0 Å². The van der Waals surface area contributed by atoms with Crippen LogP contribution >= 0.6 is 0 Å². The number of amides is 1. The normalized spacial score (nSPS) is 10.7. The molecular formula is C24H23N3O3. The van der Waals surface area contributed by atoms with Gasteiger partial charge in [-0.3, -0.25) is 9.36 Å². The first-order valence-corrected chi connectivity index (χ1v) is 9.73. The second-order valence-corrected chi connectivity index (χ2v) is 6.80. The third-order valence-electron chi connectivity index (χ3n) is 4.90. The van der Waals surface area contributed by atoms with Crippen molar-refractivity contribution in [3.8, 4) is 17.2 Å². The number of anilines is 1. The minimum atomic E-state index is -0.117. The van der Waals surface area contributed by atoms with Crippen molar-refractivity contribution in [1.29, 1.82) is 0 Å². The molecule has 4 rings (SSSR count). The van der Waals surface area contributed by atoms with Crippen LogP contribution in [-0.4, -0.2) is 29.7 Å². The van der Waals surface area contributed by atoms with E-state index in [4.69, 9.17) is 14.5 Å². The summed E-state index contributed by atoms with van der Waals surface area (Å²) in [6.07, 6.45) is 0.790. The molecule has 1 heterocycles. The number of fused-ring (bicyclic) bond motifs is 1. The van der Waals surface area contributed by atoms with E-state index in [1.54, 1.807) is 32.4 Å². The van der Waals surface area contributed by atoms with E-state index in [9.17, 15) is 4.79 Å². The first kappa shape index (κ1) is 19.5. The van der Waals surface area contributed by atoms with E-state index in [0.29, 0.717) is 23.6 Å². The molecule has 4 aromatic rings. The van der Waals surface area contributed by atoms with Crippen LogP contribution in [0, 0.1) is 0 Å². The molecule has 1 N–H and O–H groups in total. The van der Waals surface area contributed by atoms with Crippen molar-refractivity contribution in [3.05, 3.63) is 78.6 Å². The molecule has 0 radical (unpaired) electrons. The van der Waals surface area contributed by atoms with Gasteiger partial charge in [0, 0.05) is 24.6 Å². The Kier molecular flexibility index (Phi) is 5.66. The average molecular weight is 401 g/mol. The molecule has 0 spiro atoms. The predicted octanol–water partition coefficient (Wildman–Crippen LogP) is 4.61. The van der Waals surface area contributed by atoms with Crippen LogP contribution in [0.15, 0.2) is 72.8 Å². The fourth-order valence-electron chi connectivity index (χ4n) is 3.46. The molecule has 0 aliphatic carbocycles. The molecule has 0 bridgehead atoms. The van der Waals surface area contributed by atoms with Crippen LogP contribution in [-0.2, 0) is 11.2 Å². The van der Waals surface area contributed by atoms with Crippen molar-refractivity contribution in [3.63, 3.8) is 0 Å². The van der Waals surface area contributed by atoms with Gasteiger partial charge in [-0.05, 0) is 36.4 Å². The zero-order chi connectivity index (χ0) is 20.9. The van der Waals surface area contributed by atoms with Crippen molar-refractivity contribution in [1.82, 2.24) is 9.55 Å². The van der Waals surface area contributed by atoms with Crippen LogP contribution in [0.25, 0.3) is 16.7 Å². The highest BCUT2D eigenvalue weighted by molar-refractivity contribution is 5.92. The smallest absolute Gasteiger partial charge is 0.224 e. The summed E-state index contributed by atoms with van der Waals surface area (Å²) in [7, 11) is 3.15. The number of methoxy groups -OCH3 is 2. The van der Waals surface area contributed by atoms with Gasteiger partial charge in [0.15, 0.2) is 0 Å². The van der Waals surface area contributed by atoms with Crippen LogP contribution in [0.4, 0.5) is 5.69 Å². The summed E-state index contributed by atoms with van der Waals surface area (Å²) >= 11 is 0. The number of imidazole rings is 1. The largest absolute Gasteiger partial charge is 0.497 e. The summed E-state index contributed by atoms with van der Waals surface area (Å²) in [6.45, 7) is 0. The van der Waals surface area contributed by atoms with Crippen molar-refractivity contribution in [2.45, 2.75) is 12.8 Å². The van der Waals surface area contributed by atoms with E-state index < -0.39 is 0 Å². The lowest BCUT2D eigenvalue weighted by molar-refractivity contribution is -0.116. The number of carbonyl (C=O) groups excluding carboxylic acids is 1. The fourth-order valence-corrected chi connectivity index (χ4v) is 3.46. The summed E-state index contributed by atoms with van der Waals surface area (Å²) in [6, 6.07) is 23.3. The average Bonchev–Trinajstić information content (AvgIpc) is 3.16. The summed E-state index contributed by atoms with van der Waals surface area (Å²) < 4.78 is 12.7. The third kappa shape index (κ3) is 3.98. The van der Waals surface area contributed by atoms with Crippen molar-refractivity contribution in [2.75, 3.05) is 19.5 Å². The van der Waals surface area contributed by atoms with Crippen LogP contribution in [0.1, 0.15) is 12.2 Å². The molecule has 0 fully saturated rings. The van der Waals surface area contributed by atoms with Crippen LogP contribution in [0.3, 0.4) is 0 Å². The van der Waals surface area contributed by atoms with Gasteiger partial charge in [0.1, 0.15) is 17.3 Å². The van der Waals surface area contributed by atoms with Gasteiger partial charge in [0.05, 0.1) is 30.9 Å². The Morgan fingerprint density at radius 3 is 2.50 bits per heavy atom. The Balaban J connectivity index is 1.57. The molecule has 1 aromatic heterocycles. The van der Waals surface area contributed by atoms with E-state index in [1.807, 2.05) is 54.6 Å². The van der Waals surface area contributed by atoms with E-state index in [-0.39, 0.29) is 12.3 Å². The highest BCUT2D eigenvalue weighted by atomic mass is 16.5. The minimum Gasteiger partial charge on any atom is -0.497 e. The standard InChI is InChI=1S/C24H23N3O3/c1-29-18-12-13-22(30-2)20(16-18)26-24(28)15-14-23-25-19-10-6-7-11-21(19)27(23)17-8-4-3-5-9-17/h3-13,16H,14-15H2,1-2H3,(H,26,28). The van der Waals surface area contributed by atoms with Crippen molar-refractivity contribution < 1.29 is 14.3 Å². The number of nitrogens with one attached hydrogen (secondary N) is 1. The molecule has 6 heteroatoms. The van der Waals surface area contributed by atoms with Gasteiger partial charge in [-0.1, -0.05) is 30.3 Å². The Morgan fingerprint density at radius 1 is 0.967 bits per heavy atom. The van der Waals surface area contributed by atoms with E-state index in [2.05, 4.69) is 9.88 Å². The predicted molar refractivity (Wildman–Crippen MR) is 118 cm³/mol. The zero-order valence-corrected chi connectivity index (χ0v) is 17.0. The van der Waals surface area contributed by atoms with Gasteiger partial charge in [0.2, 0.25) is 5.91 Å². The maximum absolute atomic E-state index is 12.7. The highest BCUT2D eigenvalue weighted by Crippen LogP contribution is 2.29. The quantitative estimate of drug-likeness (QED) is 0.491. The topological polar surface area (TPSA) is 65.4 Å². The highest BCUT2D eigenvalue weighted by Gasteiger charge is 2.15. The molecule has 1 amide bonds. The number of rotatable bonds is 7. The number of aromatic nitrogens is 2. The van der Waals surface area contributed by atoms with Crippen LogP contribution in [0.5, 0.6) is 11.5 Å². The lowest BCUT2D eigenvalue weighted by Crippen LogP contribution is -2.14. The molecule has 0 aliphatic heterocycles.